The van der Waals surface area contributed by atoms with Crippen LogP contribution in [0.5, 0.6) is 0 Å². The van der Waals surface area contributed by atoms with Gasteiger partial charge in [0.25, 0.3) is 0 Å². The van der Waals surface area contributed by atoms with Crippen molar-refractivity contribution in [3.8, 4) is 0 Å². The van der Waals surface area contributed by atoms with Crippen molar-refractivity contribution in [3.63, 3.8) is 0 Å². The molecule has 0 aromatic rings. The van der Waals surface area contributed by atoms with Crippen molar-refractivity contribution in [2.24, 2.45) is 0 Å². The molecule has 0 aromatic heterocycles. The zero-order valence-corrected chi connectivity index (χ0v) is 10.3. The summed E-state index contributed by atoms with van der Waals surface area (Å²) in [6.07, 6.45) is 4.71. The maximum atomic E-state index is 10.9. The highest BCUT2D eigenvalue weighted by Crippen LogP contribution is 2.24. The molecule has 0 amide bonds. The monoisotopic (exact) mass is 229 g/mol. The van der Waals surface area contributed by atoms with E-state index in [9.17, 15) is 4.79 Å². The molecule has 4 nitrogen and oxygen atoms in total. The summed E-state index contributed by atoms with van der Waals surface area (Å²) in [5.41, 5.74) is 0. The van der Waals surface area contributed by atoms with Crippen molar-refractivity contribution >= 4 is 5.97 Å². The van der Waals surface area contributed by atoms with Gasteiger partial charge in [0.05, 0.1) is 13.2 Å². The number of nitrogens with zero attached hydrogens (tertiary/aromatic N) is 1. The minimum atomic E-state index is -0.741. The van der Waals surface area contributed by atoms with Gasteiger partial charge >= 0.3 is 5.97 Å². The molecule has 4 heteroatoms. The second-order valence-electron chi connectivity index (χ2n) is 4.51. The lowest BCUT2D eigenvalue weighted by atomic mass is 10.1. The average Bonchev–Trinajstić information content (AvgIpc) is 2.75. The molecule has 1 atom stereocenters. The number of hydrogen-bond donors (Lipinski definition) is 1. The van der Waals surface area contributed by atoms with Crippen LogP contribution in [0.3, 0.4) is 0 Å². The molecule has 16 heavy (non-hydrogen) atoms. The Labute approximate surface area is 97.6 Å². The van der Waals surface area contributed by atoms with E-state index in [1.54, 1.807) is 0 Å². The highest BCUT2D eigenvalue weighted by molar-refractivity contribution is 5.69. The summed E-state index contributed by atoms with van der Waals surface area (Å²) in [5, 5.41) is 8.94. The molecule has 1 N–H and O–H groups in total. The molecule has 94 valence electrons. The molecular weight excluding hydrogens is 206 g/mol. The van der Waals surface area contributed by atoms with Crippen LogP contribution in [0.25, 0.3) is 0 Å². The molecule has 0 radical (unpaired) electrons. The first-order valence-corrected chi connectivity index (χ1v) is 6.20. The van der Waals surface area contributed by atoms with Crippen molar-refractivity contribution in [1.82, 2.24) is 4.90 Å². The third-order valence-electron chi connectivity index (χ3n) is 3.24. The zero-order valence-electron chi connectivity index (χ0n) is 10.3. The molecule has 1 rings (SSSR count). The lowest BCUT2D eigenvalue weighted by Crippen LogP contribution is -2.45. The number of hydrogen-bond acceptors (Lipinski definition) is 3. The summed E-state index contributed by atoms with van der Waals surface area (Å²) >= 11 is 0. The lowest BCUT2D eigenvalue weighted by Gasteiger charge is -2.32. The maximum absolute atomic E-state index is 10.9. The van der Waals surface area contributed by atoms with E-state index in [1.165, 1.54) is 12.8 Å². The standard InChI is InChI=1S/C12H23NO3/c1-3-16-9-10(2)13(8-12(14)15)11-6-4-5-7-11/h10-11H,3-9H2,1-2H3,(H,14,15). The SMILES string of the molecule is CCOCC(C)N(CC(=O)O)C1CCCC1. The maximum Gasteiger partial charge on any atom is 0.317 e. The zero-order chi connectivity index (χ0) is 12.0. The van der Waals surface area contributed by atoms with Gasteiger partial charge in [-0.25, -0.2) is 0 Å². The average molecular weight is 229 g/mol. The molecule has 0 aromatic carbocycles. The Hall–Kier alpha value is -0.610. The first-order chi connectivity index (χ1) is 7.65. The molecule has 1 aliphatic rings. The first kappa shape index (κ1) is 13.5. The molecule has 1 fully saturated rings. The summed E-state index contributed by atoms with van der Waals surface area (Å²) in [5.74, 6) is -0.741. The van der Waals surface area contributed by atoms with Gasteiger partial charge in [-0.2, -0.15) is 0 Å². The number of carboxylic acids is 1. The molecule has 1 aliphatic carbocycles. The minimum absolute atomic E-state index is 0.138. The fourth-order valence-corrected chi connectivity index (χ4v) is 2.42. The van der Waals surface area contributed by atoms with Gasteiger partial charge < -0.3 is 9.84 Å². The van der Waals surface area contributed by atoms with E-state index in [0.717, 1.165) is 12.8 Å². The molecule has 1 unspecified atom stereocenters. The van der Waals surface area contributed by atoms with Crippen LogP contribution in [0.15, 0.2) is 0 Å². The third-order valence-corrected chi connectivity index (χ3v) is 3.24. The van der Waals surface area contributed by atoms with E-state index in [4.69, 9.17) is 9.84 Å². The third kappa shape index (κ3) is 4.10. The molecule has 0 spiro atoms. The van der Waals surface area contributed by atoms with E-state index < -0.39 is 5.97 Å². The van der Waals surface area contributed by atoms with Gasteiger partial charge in [0.1, 0.15) is 0 Å². The van der Waals surface area contributed by atoms with Gasteiger partial charge in [-0.15, -0.1) is 0 Å². The van der Waals surface area contributed by atoms with Gasteiger partial charge in [-0.05, 0) is 26.7 Å². The molecular formula is C12H23NO3. The minimum Gasteiger partial charge on any atom is -0.480 e. The van der Waals surface area contributed by atoms with Crippen LogP contribution in [-0.4, -0.2) is 47.8 Å². The Balaban J connectivity index is 2.50. The van der Waals surface area contributed by atoms with Gasteiger partial charge in [-0.3, -0.25) is 9.69 Å². The van der Waals surface area contributed by atoms with E-state index in [1.807, 2.05) is 6.92 Å². The molecule has 0 bridgehead atoms. The van der Waals surface area contributed by atoms with Crippen molar-refractivity contribution in [2.45, 2.75) is 51.6 Å². The van der Waals surface area contributed by atoms with Crippen molar-refractivity contribution in [3.05, 3.63) is 0 Å². The molecule has 1 saturated carbocycles. The first-order valence-electron chi connectivity index (χ1n) is 6.20. The predicted molar refractivity (Wildman–Crippen MR) is 62.6 cm³/mol. The Morgan fingerprint density at radius 3 is 2.62 bits per heavy atom. The normalized spacial score (nSPS) is 19.2. The van der Waals surface area contributed by atoms with Crippen LogP contribution < -0.4 is 0 Å². The topological polar surface area (TPSA) is 49.8 Å². The predicted octanol–water partition coefficient (Wildman–Crippen LogP) is 1.74. The van der Waals surface area contributed by atoms with Crippen LogP contribution in [0.4, 0.5) is 0 Å². The van der Waals surface area contributed by atoms with E-state index in [2.05, 4.69) is 11.8 Å². The highest BCUT2D eigenvalue weighted by Gasteiger charge is 2.27. The molecule has 0 saturated heterocycles. The summed E-state index contributed by atoms with van der Waals surface area (Å²) < 4.78 is 5.38. The fraction of sp³-hybridized carbons (Fsp3) is 0.917. The van der Waals surface area contributed by atoms with Crippen LogP contribution in [0, 0.1) is 0 Å². The van der Waals surface area contributed by atoms with Crippen LogP contribution in [-0.2, 0) is 9.53 Å². The number of carboxylic acid groups (broad SMARTS) is 1. The van der Waals surface area contributed by atoms with Crippen LogP contribution in [0.2, 0.25) is 0 Å². The highest BCUT2D eigenvalue weighted by atomic mass is 16.5. The summed E-state index contributed by atoms with van der Waals surface area (Å²) in [6.45, 7) is 5.47. The fourth-order valence-electron chi connectivity index (χ4n) is 2.42. The Kier molecular flexibility index (Phi) is 5.77. The molecule has 0 aliphatic heterocycles. The Morgan fingerprint density at radius 2 is 2.12 bits per heavy atom. The van der Waals surface area contributed by atoms with Gasteiger partial charge in [0.2, 0.25) is 0 Å². The van der Waals surface area contributed by atoms with Crippen molar-refractivity contribution in [1.29, 1.82) is 0 Å². The summed E-state index contributed by atoms with van der Waals surface area (Å²) in [4.78, 5) is 13.0. The van der Waals surface area contributed by atoms with Gasteiger partial charge in [0.15, 0.2) is 0 Å². The largest absolute Gasteiger partial charge is 0.480 e. The van der Waals surface area contributed by atoms with Gasteiger partial charge in [0, 0.05) is 18.7 Å². The second kappa shape index (κ2) is 6.86. The lowest BCUT2D eigenvalue weighted by molar-refractivity contribution is -0.140. The van der Waals surface area contributed by atoms with E-state index in [-0.39, 0.29) is 12.6 Å². The smallest absolute Gasteiger partial charge is 0.317 e. The second-order valence-corrected chi connectivity index (χ2v) is 4.51. The quantitative estimate of drug-likeness (QED) is 0.722. The Morgan fingerprint density at radius 1 is 1.50 bits per heavy atom. The summed E-state index contributed by atoms with van der Waals surface area (Å²) in [6, 6.07) is 0.630. The number of rotatable bonds is 7. The van der Waals surface area contributed by atoms with Crippen molar-refractivity contribution < 1.29 is 14.6 Å². The van der Waals surface area contributed by atoms with Crippen molar-refractivity contribution in [2.75, 3.05) is 19.8 Å². The number of carbonyl (C=O) groups is 1. The van der Waals surface area contributed by atoms with Gasteiger partial charge in [-0.1, -0.05) is 12.8 Å². The van der Waals surface area contributed by atoms with E-state index in [0.29, 0.717) is 19.3 Å². The van der Waals surface area contributed by atoms with E-state index >= 15 is 0 Å². The number of aliphatic carboxylic acids is 1. The van der Waals surface area contributed by atoms with Crippen LogP contribution >= 0.6 is 0 Å². The number of ether oxygens (including phenoxy) is 1. The summed E-state index contributed by atoms with van der Waals surface area (Å²) in [7, 11) is 0. The van der Waals surface area contributed by atoms with Crippen LogP contribution in [0.1, 0.15) is 39.5 Å². The molecule has 0 heterocycles. The Bertz CT molecular complexity index is 214.